The number of anilines is 1. The summed E-state index contributed by atoms with van der Waals surface area (Å²) in [5, 5.41) is 6.58. The summed E-state index contributed by atoms with van der Waals surface area (Å²) in [6.45, 7) is 3.56. The van der Waals surface area contributed by atoms with Crippen molar-refractivity contribution in [1.29, 1.82) is 0 Å². The predicted octanol–water partition coefficient (Wildman–Crippen LogP) is 3.18. The van der Waals surface area contributed by atoms with Crippen molar-refractivity contribution in [2.75, 3.05) is 25.0 Å². The zero-order valence-corrected chi connectivity index (χ0v) is 16.1. The van der Waals surface area contributed by atoms with E-state index in [1.165, 1.54) is 19.3 Å². The van der Waals surface area contributed by atoms with Gasteiger partial charge < -0.3 is 20.3 Å². The second-order valence-corrected chi connectivity index (χ2v) is 7.38. The van der Waals surface area contributed by atoms with Gasteiger partial charge in [0, 0.05) is 37.6 Å². The van der Waals surface area contributed by atoms with E-state index in [1.54, 1.807) is 17.3 Å². The third-order valence-corrected chi connectivity index (χ3v) is 5.33. The van der Waals surface area contributed by atoms with E-state index in [4.69, 9.17) is 4.74 Å². The van der Waals surface area contributed by atoms with Gasteiger partial charge in [-0.15, -0.1) is 0 Å². The highest BCUT2D eigenvalue weighted by Crippen LogP contribution is 2.20. The molecular formula is C20H30N4O3. The lowest BCUT2D eigenvalue weighted by Gasteiger charge is -2.32. The van der Waals surface area contributed by atoms with E-state index in [0.717, 1.165) is 31.4 Å². The summed E-state index contributed by atoms with van der Waals surface area (Å²) in [5.41, 5.74) is 1.44. The highest BCUT2D eigenvalue weighted by Gasteiger charge is 2.24. The van der Waals surface area contributed by atoms with E-state index in [2.05, 4.69) is 15.6 Å². The molecule has 1 aromatic rings. The molecule has 0 radical (unpaired) electrons. The standard InChI is InChI=1S/C20H30N4O3/c1-2-27-20(26)24-10-8-17(9-11-24)22-18-12-15(13-21-14-18)19(25)23-16-6-4-3-5-7-16/h12-14,16-17,22H,2-11H2,1H3,(H,23,25). The Labute approximate surface area is 160 Å². The Kier molecular flexibility index (Phi) is 6.90. The Hall–Kier alpha value is -2.31. The second-order valence-electron chi connectivity index (χ2n) is 7.38. The van der Waals surface area contributed by atoms with Gasteiger partial charge in [0.1, 0.15) is 0 Å². The van der Waals surface area contributed by atoms with Crippen LogP contribution in [0, 0.1) is 0 Å². The lowest BCUT2D eigenvalue weighted by Crippen LogP contribution is -2.42. The zero-order chi connectivity index (χ0) is 19.1. The topological polar surface area (TPSA) is 83.6 Å². The molecule has 1 aromatic heterocycles. The predicted molar refractivity (Wildman–Crippen MR) is 104 cm³/mol. The average molecular weight is 374 g/mol. The quantitative estimate of drug-likeness (QED) is 0.827. The van der Waals surface area contributed by atoms with E-state index in [0.29, 0.717) is 25.3 Å². The Morgan fingerprint density at radius 3 is 2.56 bits per heavy atom. The molecule has 148 valence electrons. The van der Waals surface area contributed by atoms with Crippen LogP contribution in [0.25, 0.3) is 0 Å². The highest BCUT2D eigenvalue weighted by molar-refractivity contribution is 5.94. The first kappa shape index (κ1) is 19.5. The molecule has 0 aromatic carbocycles. The van der Waals surface area contributed by atoms with Crippen molar-refractivity contribution in [2.45, 2.75) is 64.0 Å². The number of carbonyl (C=O) groups is 2. The minimum absolute atomic E-state index is 0.0461. The fraction of sp³-hybridized carbons (Fsp3) is 0.650. The van der Waals surface area contributed by atoms with E-state index < -0.39 is 0 Å². The Morgan fingerprint density at radius 1 is 1.11 bits per heavy atom. The summed E-state index contributed by atoms with van der Waals surface area (Å²) in [5.74, 6) is -0.0461. The molecule has 2 fully saturated rings. The number of amides is 2. The molecule has 1 saturated heterocycles. The van der Waals surface area contributed by atoms with Crippen LogP contribution in [0.5, 0.6) is 0 Å². The molecule has 1 aliphatic heterocycles. The molecule has 3 rings (SSSR count). The third kappa shape index (κ3) is 5.58. The summed E-state index contributed by atoms with van der Waals surface area (Å²) < 4.78 is 5.05. The smallest absolute Gasteiger partial charge is 0.409 e. The number of carbonyl (C=O) groups excluding carboxylic acids is 2. The van der Waals surface area contributed by atoms with Gasteiger partial charge in [-0.1, -0.05) is 19.3 Å². The summed E-state index contributed by atoms with van der Waals surface area (Å²) in [4.78, 5) is 30.2. The van der Waals surface area contributed by atoms with Gasteiger partial charge >= 0.3 is 6.09 Å². The van der Waals surface area contributed by atoms with Crippen molar-refractivity contribution in [3.8, 4) is 0 Å². The average Bonchev–Trinajstić information content (AvgIpc) is 2.70. The molecule has 0 bridgehead atoms. The number of nitrogens with one attached hydrogen (secondary N) is 2. The summed E-state index contributed by atoms with van der Waals surface area (Å²) in [6.07, 6.45) is 10.6. The SMILES string of the molecule is CCOC(=O)N1CCC(Nc2cncc(C(=O)NC3CCCCC3)c2)CC1. The molecule has 0 atom stereocenters. The first-order valence-electron chi connectivity index (χ1n) is 10.1. The van der Waals surface area contributed by atoms with Crippen LogP contribution in [0.15, 0.2) is 18.5 Å². The van der Waals surface area contributed by atoms with Crippen LogP contribution in [0.2, 0.25) is 0 Å². The molecule has 0 spiro atoms. The van der Waals surface area contributed by atoms with Crippen LogP contribution in [0.3, 0.4) is 0 Å². The molecule has 7 nitrogen and oxygen atoms in total. The van der Waals surface area contributed by atoms with Gasteiger partial charge in [0.15, 0.2) is 0 Å². The molecule has 2 aliphatic rings. The molecule has 1 saturated carbocycles. The number of aromatic nitrogens is 1. The van der Waals surface area contributed by atoms with E-state index in [1.807, 2.05) is 13.0 Å². The minimum atomic E-state index is -0.237. The number of hydrogen-bond acceptors (Lipinski definition) is 5. The largest absolute Gasteiger partial charge is 0.450 e. The molecular weight excluding hydrogens is 344 g/mol. The van der Waals surface area contributed by atoms with Gasteiger partial charge in [-0.25, -0.2) is 4.79 Å². The van der Waals surface area contributed by atoms with Crippen LogP contribution < -0.4 is 10.6 Å². The van der Waals surface area contributed by atoms with Gasteiger partial charge in [0.2, 0.25) is 0 Å². The minimum Gasteiger partial charge on any atom is -0.450 e. The van der Waals surface area contributed by atoms with Crippen molar-refractivity contribution in [3.05, 3.63) is 24.0 Å². The van der Waals surface area contributed by atoms with Crippen LogP contribution in [-0.2, 0) is 4.74 Å². The van der Waals surface area contributed by atoms with Gasteiger partial charge in [-0.05, 0) is 38.7 Å². The zero-order valence-electron chi connectivity index (χ0n) is 16.1. The first-order chi connectivity index (χ1) is 13.2. The van der Waals surface area contributed by atoms with Crippen LogP contribution in [0.4, 0.5) is 10.5 Å². The Balaban J connectivity index is 1.50. The first-order valence-corrected chi connectivity index (χ1v) is 10.1. The number of nitrogens with zero attached hydrogens (tertiary/aromatic N) is 2. The van der Waals surface area contributed by atoms with E-state index >= 15 is 0 Å². The van der Waals surface area contributed by atoms with Crippen molar-refractivity contribution < 1.29 is 14.3 Å². The fourth-order valence-electron chi connectivity index (χ4n) is 3.82. The van der Waals surface area contributed by atoms with Crippen molar-refractivity contribution >= 4 is 17.7 Å². The molecule has 2 N–H and O–H groups in total. The molecule has 2 amide bonds. The number of pyridine rings is 1. The maximum atomic E-state index is 12.5. The van der Waals surface area contributed by atoms with Crippen LogP contribution in [-0.4, -0.2) is 53.7 Å². The summed E-state index contributed by atoms with van der Waals surface area (Å²) in [7, 11) is 0. The lowest BCUT2D eigenvalue weighted by molar-refractivity contribution is 0.0925. The lowest BCUT2D eigenvalue weighted by atomic mass is 9.95. The fourth-order valence-corrected chi connectivity index (χ4v) is 3.82. The van der Waals surface area contributed by atoms with Crippen LogP contribution >= 0.6 is 0 Å². The number of piperidine rings is 1. The normalized spacial score (nSPS) is 18.8. The Morgan fingerprint density at radius 2 is 1.85 bits per heavy atom. The molecule has 1 aliphatic carbocycles. The molecule has 2 heterocycles. The van der Waals surface area contributed by atoms with Crippen molar-refractivity contribution in [1.82, 2.24) is 15.2 Å². The van der Waals surface area contributed by atoms with E-state index in [9.17, 15) is 9.59 Å². The van der Waals surface area contributed by atoms with Gasteiger partial charge in [0.25, 0.3) is 5.91 Å². The summed E-state index contributed by atoms with van der Waals surface area (Å²) >= 11 is 0. The number of rotatable bonds is 5. The monoisotopic (exact) mass is 374 g/mol. The number of likely N-dealkylation sites (tertiary alicyclic amines) is 1. The highest BCUT2D eigenvalue weighted by atomic mass is 16.6. The van der Waals surface area contributed by atoms with E-state index in [-0.39, 0.29) is 24.1 Å². The maximum Gasteiger partial charge on any atom is 0.409 e. The molecule has 0 unspecified atom stereocenters. The van der Waals surface area contributed by atoms with Gasteiger partial charge in [0.05, 0.1) is 17.9 Å². The van der Waals surface area contributed by atoms with Gasteiger partial charge in [-0.3, -0.25) is 9.78 Å². The number of ether oxygens (including phenoxy) is 1. The maximum absolute atomic E-state index is 12.5. The summed E-state index contributed by atoms with van der Waals surface area (Å²) in [6, 6.07) is 2.41. The molecule has 27 heavy (non-hydrogen) atoms. The second kappa shape index (κ2) is 9.58. The van der Waals surface area contributed by atoms with Crippen molar-refractivity contribution in [3.63, 3.8) is 0 Å². The molecule has 7 heteroatoms. The third-order valence-electron chi connectivity index (χ3n) is 5.33. The van der Waals surface area contributed by atoms with Gasteiger partial charge in [-0.2, -0.15) is 0 Å². The Bertz CT molecular complexity index is 638. The number of hydrogen-bond donors (Lipinski definition) is 2. The van der Waals surface area contributed by atoms with Crippen LogP contribution in [0.1, 0.15) is 62.2 Å². The van der Waals surface area contributed by atoms with Crippen molar-refractivity contribution in [2.24, 2.45) is 0 Å².